The van der Waals surface area contributed by atoms with Crippen LogP contribution in [0.4, 0.5) is 0 Å². The molecule has 9 heavy (non-hydrogen) atoms. The fourth-order valence-electron chi connectivity index (χ4n) is 0.535. The zero-order valence-electron chi connectivity index (χ0n) is 5.76. The van der Waals surface area contributed by atoms with Crippen molar-refractivity contribution < 1.29 is 5.11 Å². The van der Waals surface area contributed by atoms with Crippen LogP contribution in [-0.4, -0.2) is 11.2 Å². The Balaban J connectivity index is 3.89. The third-order valence-corrected chi connectivity index (χ3v) is 1.08. The van der Waals surface area contributed by atoms with E-state index in [-0.39, 0.29) is 0 Å². The van der Waals surface area contributed by atoms with Crippen LogP contribution in [-0.2, 0) is 0 Å². The molecule has 1 atom stereocenters. The van der Waals surface area contributed by atoms with Crippen molar-refractivity contribution in [1.29, 1.82) is 5.26 Å². The molecule has 0 aliphatic carbocycles. The highest BCUT2D eigenvalue weighted by atomic mass is 16.3. The first-order valence-corrected chi connectivity index (χ1v) is 2.96. The Kier molecular flexibility index (Phi) is 3.74. The van der Waals surface area contributed by atoms with Crippen LogP contribution < -0.4 is 0 Å². The number of hydrogen-bond donors (Lipinski definition) is 1. The summed E-state index contributed by atoms with van der Waals surface area (Å²) in [4.78, 5) is 0. The zero-order valence-corrected chi connectivity index (χ0v) is 5.76. The molecule has 0 aromatic carbocycles. The van der Waals surface area contributed by atoms with E-state index in [4.69, 9.17) is 10.4 Å². The summed E-state index contributed by atoms with van der Waals surface area (Å²) in [6.45, 7) is 3.71. The van der Waals surface area contributed by atoms with E-state index in [1.54, 1.807) is 13.0 Å². The topological polar surface area (TPSA) is 44.0 Å². The minimum Gasteiger partial charge on any atom is -0.374 e. The van der Waals surface area contributed by atoms with E-state index in [1.807, 2.05) is 13.0 Å². The van der Waals surface area contributed by atoms with Crippen LogP contribution in [0.3, 0.4) is 0 Å². The molecule has 0 aliphatic heterocycles. The number of allylic oxidation sites excluding steroid dienone is 1. The average Bonchev–Trinajstić information content (AvgIpc) is 1.87. The largest absolute Gasteiger partial charge is 0.374 e. The molecule has 0 fully saturated rings. The smallest absolute Gasteiger partial charge is 0.161 e. The lowest BCUT2D eigenvalue weighted by atomic mass is 10.1. The van der Waals surface area contributed by atoms with E-state index in [1.165, 1.54) is 0 Å². The molecular formula is C7H11NO. The monoisotopic (exact) mass is 125 g/mol. The van der Waals surface area contributed by atoms with Gasteiger partial charge in [-0.3, -0.25) is 0 Å². The standard InChI is InChI=1S/C7H11NO/c1-3-4-6(2)7(9)5-8/h4,7,9H,3H2,1-2H3/b6-4-. The van der Waals surface area contributed by atoms with Gasteiger partial charge in [0.25, 0.3) is 0 Å². The summed E-state index contributed by atoms with van der Waals surface area (Å²) in [7, 11) is 0. The SMILES string of the molecule is CC/C=C(/C)C(O)C#N. The molecule has 0 spiro atoms. The van der Waals surface area contributed by atoms with Crippen LogP contribution in [0.25, 0.3) is 0 Å². The van der Waals surface area contributed by atoms with Crippen LogP contribution in [0, 0.1) is 11.3 Å². The van der Waals surface area contributed by atoms with Gasteiger partial charge in [0.05, 0.1) is 6.07 Å². The zero-order chi connectivity index (χ0) is 7.28. The van der Waals surface area contributed by atoms with Gasteiger partial charge in [-0.2, -0.15) is 5.26 Å². The van der Waals surface area contributed by atoms with Gasteiger partial charge in [-0.1, -0.05) is 13.0 Å². The number of rotatable bonds is 2. The Morgan fingerprint density at radius 3 is 2.78 bits per heavy atom. The second-order valence-electron chi connectivity index (χ2n) is 1.89. The van der Waals surface area contributed by atoms with E-state index < -0.39 is 6.10 Å². The van der Waals surface area contributed by atoms with E-state index in [0.717, 1.165) is 12.0 Å². The molecule has 2 heteroatoms. The van der Waals surface area contributed by atoms with Crippen LogP contribution in [0.2, 0.25) is 0 Å². The maximum absolute atomic E-state index is 8.83. The molecule has 2 nitrogen and oxygen atoms in total. The van der Waals surface area contributed by atoms with Gasteiger partial charge in [-0.15, -0.1) is 0 Å². The highest BCUT2D eigenvalue weighted by Crippen LogP contribution is 2.00. The van der Waals surface area contributed by atoms with Crippen LogP contribution in [0.5, 0.6) is 0 Å². The second-order valence-corrected chi connectivity index (χ2v) is 1.89. The van der Waals surface area contributed by atoms with E-state index >= 15 is 0 Å². The van der Waals surface area contributed by atoms with E-state index in [2.05, 4.69) is 0 Å². The molecule has 1 N–H and O–H groups in total. The number of hydrogen-bond acceptors (Lipinski definition) is 2. The van der Waals surface area contributed by atoms with Gasteiger partial charge in [0.1, 0.15) is 0 Å². The summed E-state index contributed by atoms with van der Waals surface area (Å²) in [5, 5.41) is 17.0. The molecule has 0 radical (unpaired) electrons. The molecule has 50 valence electrons. The number of nitrogens with zero attached hydrogens (tertiary/aromatic N) is 1. The Labute approximate surface area is 55.4 Å². The first-order valence-electron chi connectivity index (χ1n) is 2.96. The molecule has 0 rings (SSSR count). The first kappa shape index (κ1) is 8.19. The third kappa shape index (κ3) is 2.89. The first-order chi connectivity index (χ1) is 4.22. The minimum absolute atomic E-state index is 0.736. The Morgan fingerprint density at radius 1 is 1.89 bits per heavy atom. The van der Waals surface area contributed by atoms with Crippen molar-refractivity contribution in [3.63, 3.8) is 0 Å². The molecule has 0 saturated heterocycles. The number of nitriles is 1. The highest BCUT2D eigenvalue weighted by Gasteiger charge is 2.00. The highest BCUT2D eigenvalue weighted by molar-refractivity contribution is 5.12. The molecule has 0 aliphatic rings. The third-order valence-electron chi connectivity index (χ3n) is 1.08. The van der Waals surface area contributed by atoms with Crippen molar-refractivity contribution in [2.45, 2.75) is 26.4 Å². The van der Waals surface area contributed by atoms with Crippen molar-refractivity contribution in [3.8, 4) is 6.07 Å². The van der Waals surface area contributed by atoms with Gasteiger partial charge in [-0.25, -0.2) is 0 Å². The molecule has 0 bridgehead atoms. The normalized spacial score (nSPS) is 14.7. The average molecular weight is 125 g/mol. The van der Waals surface area contributed by atoms with Crippen molar-refractivity contribution >= 4 is 0 Å². The minimum atomic E-state index is -0.912. The Hall–Kier alpha value is -0.810. The van der Waals surface area contributed by atoms with Gasteiger partial charge in [0.2, 0.25) is 0 Å². The molecule has 0 heterocycles. The van der Waals surface area contributed by atoms with Crippen molar-refractivity contribution in [2.24, 2.45) is 0 Å². The lowest BCUT2D eigenvalue weighted by Crippen LogP contribution is -2.03. The Bertz CT molecular complexity index is 143. The van der Waals surface area contributed by atoms with Gasteiger partial charge in [0, 0.05) is 0 Å². The predicted octanol–water partition coefficient (Wildman–Crippen LogP) is 1.23. The summed E-state index contributed by atoms with van der Waals surface area (Å²) in [5.41, 5.74) is 0.736. The Morgan fingerprint density at radius 2 is 2.44 bits per heavy atom. The second kappa shape index (κ2) is 4.11. The van der Waals surface area contributed by atoms with Gasteiger partial charge in [-0.05, 0) is 18.9 Å². The van der Waals surface area contributed by atoms with Gasteiger partial charge >= 0.3 is 0 Å². The van der Waals surface area contributed by atoms with Crippen molar-refractivity contribution in [1.82, 2.24) is 0 Å². The van der Waals surface area contributed by atoms with Crippen LogP contribution in [0.15, 0.2) is 11.6 Å². The van der Waals surface area contributed by atoms with Gasteiger partial charge < -0.3 is 5.11 Å². The molecule has 0 aromatic rings. The quantitative estimate of drug-likeness (QED) is 0.445. The van der Waals surface area contributed by atoms with Crippen molar-refractivity contribution in [2.75, 3.05) is 0 Å². The van der Waals surface area contributed by atoms with Crippen molar-refractivity contribution in [3.05, 3.63) is 11.6 Å². The molecule has 0 amide bonds. The van der Waals surface area contributed by atoms with E-state index in [9.17, 15) is 0 Å². The lowest BCUT2D eigenvalue weighted by molar-refractivity contribution is 0.265. The summed E-state index contributed by atoms with van der Waals surface area (Å²) < 4.78 is 0. The predicted molar refractivity (Wildman–Crippen MR) is 35.7 cm³/mol. The molecular weight excluding hydrogens is 114 g/mol. The summed E-state index contributed by atoms with van der Waals surface area (Å²) >= 11 is 0. The summed E-state index contributed by atoms with van der Waals surface area (Å²) in [5.74, 6) is 0. The fourth-order valence-corrected chi connectivity index (χ4v) is 0.535. The molecule has 0 saturated carbocycles. The van der Waals surface area contributed by atoms with Crippen LogP contribution in [0.1, 0.15) is 20.3 Å². The summed E-state index contributed by atoms with van der Waals surface area (Å²) in [6.07, 6.45) is 1.79. The molecule has 0 aromatic heterocycles. The van der Waals surface area contributed by atoms with E-state index in [0.29, 0.717) is 0 Å². The maximum Gasteiger partial charge on any atom is 0.161 e. The van der Waals surface area contributed by atoms with Gasteiger partial charge in [0.15, 0.2) is 6.10 Å². The lowest BCUT2D eigenvalue weighted by Gasteiger charge is -1.98. The molecule has 1 unspecified atom stereocenters. The summed E-state index contributed by atoms with van der Waals surface area (Å²) in [6, 6.07) is 1.74. The van der Waals surface area contributed by atoms with Crippen LogP contribution >= 0.6 is 0 Å². The maximum atomic E-state index is 8.83. The number of aliphatic hydroxyl groups is 1. The number of aliphatic hydroxyl groups excluding tert-OH is 1. The fraction of sp³-hybridized carbons (Fsp3) is 0.571.